The summed E-state index contributed by atoms with van der Waals surface area (Å²) in [4.78, 5) is 0. The summed E-state index contributed by atoms with van der Waals surface area (Å²) in [6.45, 7) is 2.14. The van der Waals surface area contributed by atoms with Crippen molar-refractivity contribution in [3.63, 3.8) is 0 Å². The summed E-state index contributed by atoms with van der Waals surface area (Å²) in [5, 5.41) is 0. The van der Waals surface area contributed by atoms with Crippen molar-refractivity contribution in [2.45, 2.75) is 19.4 Å². The van der Waals surface area contributed by atoms with E-state index in [4.69, 9.17) is 6.00 Å². The maximum atomic E-state index is 5.17. The fraction of sp³-hybridized carbons (Fsp3) is 0.750. The molecule has 0 fully saturated rings. The molecule has 0 rings (SSSR count). The second-order valence-corrected chi connectivity index (χ2v) is 1.86. The quantitative estimate of drug-likeness (QED) is 0.417. The molecule has 0 heterocycles. The van der Waals surface area contributed by atoms with Crippen LogP contribution in [0.3, 0.4) is 0 Å². The van der Waals surface area contributed by atoms with Crippen LogP contribution in [0.25, 0.3) is 0 Å². The van der Waals surface area contributed by atoms with Crippen molar-refractivity contribution >= 4 is 8.96 Å². The molecule has 0 nitrogen and oxygen atoms in total. The van der Waals surface area contributed by atoms with Gasteiger partial charge in [0, 0.05) is 0 Å². The fourth-order valence-corrected chi connectivity index (χ4v) is 0.433. The Bertz CT molecular complexity index is 42.1. The Kier molecular flexibility index (Phi) is 3.99. The highest BCUT2D eigenvalue weighted by molar-refractivity contribution is 6.21. The summed E-state index contributed by atoms with van der Waals surface area (Å²) in [6.07, 6.45) is 1.23. The Morgan fingerprint density at radius 2 is 2.40 bits per heavy atom. The average molecular weight is 84.2 g/mol. The molecular weight excluding hydrogens is 76.1 g/mol. The van der Waals surface area contributed by atoms with E-state index in [9.17, 15) is 0 Å². The molecule has 0 radical (unpaired) electrons. The molecule has 0 aromatic carbocycles. The Hall–Kier alpha value is -0.00312. The third kappa shape index (κ3) is 4.00. The second kappa shape index (κ2) is 4.00. The van der Waals surface area contributed by atoms with Gasteiger partial charge in [-0.05, 0) is 15.0 Å². The predicted molar refractivity (Wildman–Crippen MR) is 25.8 cm³/mol. The maximum Gasteiger partial charge on any atom is -0.0145 e. The fourth-order valence-electron chi connectivity index (χ4n) is 0.144. The highest BCUT2D eigenvalue weighted by atomic mass is 28.2. The van der Waals surface area contributed by atoms with E-state index in [1.807, 2.05) is 0 Å². The Balaban J connectivity index is 2.48. The minimum atomic E-state index is 0.658. The summed E-state index contributed by atoms with van der Waals surface area (Å²) < 4.78 is 0. The van der Waals surface area contributed by atoms with Gasteiger partial charge in [-0.25, -0.2) is 0 Å². The average Bonchev–Trinajstić information content (AvgIpc) is 1.41. The van der Waals surface area contributed by atoms with Crippen molar-refractivity contribution in [1.29, 1.82) is 0 Å². The van der Waals surface area contributed by atoms with Crippen LogP contribution in [0.1, 0.15) is 13.3 Å². The van der Waals surface area contributed by atoms with Gasteiger partial charge in [-0.15, -0.1) is 0 Å². The summed E-state index contributed by atoms with van der Waals surface area (Å²) in [5.74, 6) is 0. The second-order valence-electron chi connectivity index (χ2n) is 0.954. The first kappa shape index (κ1) is 5.00. The molecule has 0 aliphatic rings. The monoisotopic (exact) mass is 84.0 g/mol. The SMILES string of the molecule is C#[Si]CCC. The van der Waals surface area contributed by atoms with Gasteiger partial charge < -0.3 is 0 Å². The van der Waals surface area contributed by atoms with Crippen molar-refractivity contribution in [1.82, 2.24) is 0 Å². The molecule has 0 bridgehead atoms. The lowest BCUT2D eigenvalue weighted by molar-refractivity contribution is 1.08. The van der Waals surface area contributed by atoms with Crippen LogP contribution in [0, 0.1) is 6.00 Å². The molecule has 0 saturated carbocycles. The van der Waals surface area contributed by atoms with Gasteiger partial charge in [0.15, 0.2) is 0 Å². The van der Waals surface area contributed by atoms with Crippen LogP contribution in [0.15, 0.2) is 0 Å². The van der Waals surface area contributed by atoms with Crippen molar-refractivity contribution < 1.29 is 0 Å². The van der Waals surface area contributed by atoms with Crippen molar-refractivity contribution in [3.8, 4) is 6.00 Å². The van der Waals surface area contributed by atoms with Crippen molar-refractivity contribution in [2.75, 3.05) is 0 Å². The minimum absolute atomic E-state index is 0.658. The number of hydrogen-bond donors (Lipinski definition) is 0. The molecule has 0 aromatic rings. The molecule has 1 heteroatoms. The molecule has 0 aromatic heterocycles. The molecule has 0 unspecified atom stereocenters. The zero-order chi connectivity index (χ0) is 4.12. The molecule has 0 saturated heterocycles. The minimum Gasteiger partial charge on any atom is -0.158 e. The summed E-state index contributed by atoms with van der Waals surface area (Å²) in [6, 6.07) is 6.36. The third-order valence-corrected chi connectivity index (χ3v) is 1.18. The van der Waals surface area contributed by atoms with Crippen molar-refractivity contribution in [2.24, 2.45) is 0 Å². The molecule has 0 aliphatic heterocycles. The lowest BCUT2D eigenvalue weighted by Gasteiger charge is -1.69. The van der Waals surface area contributed by atoms with E-state index in [-0.39, 0.29) is 0 Å². The van der Waals surface area contributed by atoms with Crippen LogP contribution in [0.2, 0.25) is 6.04 Å². The van der Waals surface area contributed by atoms with E-state index in [0.29, 0.717) is 8.96 Å². The van der Waals surface area contributed by atoms with Gasteiger partial charge in [-0.3, -0.25) is 0 Å². The zero-order valence-corrected chi connectivity index (χ0v) is 4.49. The first-order valence-electron chi connectivity index (χ1n) is 1.85. The highest BCUT2D eigenvalue weighted by Crippen LogP contribution is 1.75. The first-order valence-corrected chi connectivity index (χ1v) is 3.13. The van der Waals surface area contributed by atoms with Crippen molar-refractivity contribution in [3.05, 3.63) is 0 Å². The first-order chi connectivity index (χ1) is 2.41. The summed E-state index contributed by atoms with van der Waals surface area (Å²) in [7, 11) is 0.658. The molecule has 0 atom stereocenters. The molecular formula is C4H8Si. The highest BCUT2D eigenvalue weighted by Gasteiger charge is 1.62. The van der Waals surface area contributed by atoms with Crippen LogP contribution in [-0.2, 0) is 0 Å². The molecule has 0 spiro atoms. The maximum absolute atomic E-state index is 5.17. The molecule has 0 amide bonds. The molecule has 0 N–H and O–H groups in total. The smallest absolute Gasteiger partial charge is 0.0145 e. The van der Waals surface area contributed by atoms with Gasteiger partial charge in [0.2, 0.25) is 0 Å². The van der Waals surface area contributed by atoms with E-state index in [1.54, 1.807) is 0 Å². The van der Waals surface area contributed by atoms with Gasteiger partial charge in [0.25, 0.3) is 0 Å². The lowest BCUT2D eigenvalue weighted by atomic mass is 10.6. The number of rotatable bonds is 1. The van der Waals surface area contributed by atoms with E-state index in [2.05, 4.69) is 6.92 Å². The van der Waals surface area contributed by atoms with E-state index < -0.39 is 0 Å². The van der Waals surface area contributed by atoms with Crippen LogP contribution in [0.5, 0.6) is 0 Å². The Labute approximate surface area is 35.3 Å². The third-order valence-electron chi connectivity index (χ3n) is 0.394. The molecule has 0 aliphatic carbocycles. The van der Waals surface area contributed by atoms with Crippen LogP contribution in [-0.4, -0.2) is 8.96 Å². The van der Waals surface area contributed by atoms with Gasteiger partial charge in [-0.2, -0.15) is 6.00 Å². The van der Waals surface area contributed by atoms with Gasteiger partial charge >= 0.3 is 0 Å². The predicted octanol–water partition coefficient (Wildman–Crippen LogP) is 1.11. The lowest BCUT2D eigenvalue weighted by Crippen LogP contribution is -1.61. The largest absolute Gasteiger partial charge is 0.158 e. The topological polar surface area (TPSA) is 0 Å². The normalized spacial score (nSPS) is 6.40. The van der Waals surface area contributed by atoms with Gasteiger partial charge in [0.1, 0.15) is 0 Å². The summed E-state index contributed by atoms with van der Waals surface area (Å²) in [5.41, 5.74) is 0. The van der Waals surface area contributed by atoms with Crippen LogP contribution >= 0.6 is 0 Å². The molecule has 5 heavy (non-hydrogen) atoms. The Morgan fingerprint density at radius 1 is 1.80 bits per heavy atom. The summed E-state index contributed by atoms with van der Waals surface area (Å²) >= 11 is 0. The zero-order valence-electron chi connectivity index (χ0n) is 3.49. The van der Waals surface area contributed by atoms with E-state index in [0.717, 1.165) is 0 Å². The van der Waals surface area contributed by atoms with Gasteiger partial charge in [-0.1, -0.05) is 13.3 Å². The van der Waals surface area contributed by atoms with E-state index >= 15 is 0 Å². The van der Waals surface area contributed by atoms with Gasteiger partial charge in [0.05, 0.1) is 0 Å². The van der Waals surface area contributed by atoms with Crippen LogP contribution in [0.4, 0.5) is 0 Å². The standard InChI is InChI=1S/C4H8Si/c1-3-4-5-2/h2H,3-4H2,1H3. The van der Waals surface area contributed by atoms with Crippen LogP contribution < -0.4 is 0 Å². The number of hydrogen-bond acceptors (Lipinski definition) is 0. The molecule has 28 valence electrons. The van der Waals surface area contributed by atoms with E-state index in [1.165, 1.54) is 12.5 Å². The Morgan fingerprint density at radius 3 is 2.40 bits per heavy atom.